The third kappa shape index (κ3) is 2.46. The van der Waals surface area contributed by atoms with Gasteiger partial charge in [0.15, 0.2) is 0 Å². The molecular weight excluding hydrogens is 278 g/mol. The Morgan fingerprint density at radius 3 is 2.52 bits per heavy atom. The largest absolute Gasteiger partial charge is 0.329 e. The molecule has 2 aliphatic heterocycles. The third-order valence-corrected chi connectivity index (χ3v) is 6.86. The summed E-state index contributed by atoms with van der Waals surface area (Å²) in [5.74, 6) is 0. The molecule has 2 unspecified atom stereocenters. The molecule has 2 bridgehead atoms. The van der Waals surface area contributed by atoms with Gasteiger partial charge >= 0.3 is 0 Å². The molecule has 2 atom stereocenters. The molecule has 3 aliphatic rings. The summed E-state index contributed by atoms with van der Waals surface area (Å²) in [6, 6.07) is 4.59. The summed E-state index contributed by atoms with van der Waals surface area (Å²) in [6.45, 7) is 1.93. The first-order valence-corrected chi connectivity index (χ1v) is 9.36. The van der Waals surface area contributed by atoms with Crippen molar-refractivity contribution >= 4 is 11.3 Å². The van der Waals surface area contributed by atoms with E-state index >= 15 is 0 Å². The van der Waals surface area contributed by atoms with E-state index in [1.54, 1.807) is 0 Å². The van der Waals surface area contributed by atoms with Crippen molar-refractivity contribution in [1.29, 1.82) is 0 Å². The van der Waals surface area contributed by atoms with Gasteiger partial charge in [0.25, 0.3) is 0 Å². The third-order valence-electron chi connectivity index (χ3n) is 6.13. The van der Waals surface area contributed by atoms with Gasteiger partial charge in [0.1, 0.15) is 0 Å². The first-order valence-electron chi connectivity index (χ1n) is 8.42. The molecule has 4 heteroatoms. The van der Waals surface area contributed by atoms with E-state index in [4.69, 9.17) is 5.73 Å². The zero-order valence-electron chi connectivity index (χ0n) is 13.0. The van der Waals surface area contributed by atoms with Gasteiger partial charge in [-0.3, -0.25) is 4.90 Å². The van der Waals surface area contributed by atoms with E-state index in [9.17, 15) is 0 Å². The van der Waals surface area contributed by atoms with Gasteiger partial charge in [-0.25, -0.2) is 0 Å². The molecule has 4 rings (SSSR count). The lowest BCUT2D eigenvalue weighted by molar-refractivity contribution is -0.00967. The van der Waals surface area contributed by atoms with Crippen LogP contribution in [-0.4, -0.2) is 47.1 Å². The highest BCUT2D eigenvalue weighted by Gasteiger charge is 2.51. The van der Waals surface area contributed by atoms with Crippen molar-refractivity contribution in [1.82, 2.24) is 9.80 Å². The standard InChI is InChI=1S/C17H27N3S/c1-19-15-4-5-16(19)9-17(8-15,12-18)20(14-2-3-14)10-13-6-7-21-11-13/h6-7,11,14-16H,2-5,8-10,12,18H2,1H3. The maximum atomic E-state index is 6.37. The quantitative estimate of drug-likeness (QED) is 0.908. The van der Waals surface area contributed by atoms with Gasteiger partial charge in [0.2, 0.25) is 0 Å². The molecule has 1 aliphatic carbocycles. The van der Waals surface area contributed by atoms with Crippen molar-refractivity contribution in [2.75, 3.05) is 13.6 Å². The fourth-order valence-electron chi connectivity index (χ4n) is 4.71. The Morgan fingerprint density at radius 1 is 1.29 bits per heavy atom. The van der Waals surface area contributed by atoms with Gasteiger partial charge in [0, 0.05) is 36.8 Å². The Morgan fingerprint density at radius 2 is 2.00 bits per heavy atom. The van der Waals surface area contributed by atoms with E-state index < -0.39 is 0 Å². The molecule has 0 radical (unpaired) electrons. The van der Waals surface area contributed by atoms with Crippen LogP contribution in [0, 0.1) is 0 Å². The molecule has 3 fully saturated rings. The minimum atomic E-state index is 0.251. The molecule has 2 saturated heterocycles. The average Bonchev–Trinajstić information content (AvgIpc) is 3.17. The number of nitrogens with two attached hydrogens (primary N) is 1. The van der Waals surface area contributed by atoms with Crippen LogP contribution in [-0.2, 0) is 6.54 Å². The van der Waals surface area contributed by atoms with Crippen LogP contribution in [0.25, 0.3) is 0 Å². The molecule has 1 aromatic rings. The maximum absolute atomic E-state index is 6.37. The summed E-state index contributed by atoms with van der Waals surface area (Å²) in [7, 11) is 2.32. The predicted octanol–water partition coefficient (Wildman–Crippen LogP) is 2.67. The fraction of sp³-hybridized carbons (Fsp3) is 0.765. The van der Waals surface area contributed by atoms with Crippen molar-refractivity contribution in [2.45, 2.75) is 68.7 Å². The normalized spacial score (nSPS) is 36.5. The van der Waals surface area contributed by atoms with Crippen LogP contribution in [0.5, 0.6) is 0 Å². The molecule has 0 amide bonds. The zero-order chi connectivity index (χ0) is 14.4. The minimum Gasteiger partial charge on any atom is -0.329 e. The number of hydrogen-bond acceptors (Lipinski definition) is 4. The Balaban J connectivity index is 1.60. The first kappa shape index (κ1) is 14.2. The maximum Gasteiger partial charge on any atom is 0.0367 e. The van der Waals surface area contributed by atoms with Gasteiger partial charge in [-0.1, -0.05) is 0 Å². The molecule has 0 aromatic carbocycles. The van der Waals surface area contributed by atoms with E-state index in [-0.39, 0.29) is 5.54 Å². The number of rotatable bonds is 5. The van der Waals surface area contributed by atoms with E-state index in [2.05, 4.69) is 33.7 Å². The lowest BCUT2D eigenvalue weighted by Crippen LogP contribution is -2.62. The van der Waals surface area contributed by atoms with E-state index in [0.29, 0.717) is 0 Å². The van der Waals surface area contributed by atoms with Gasteiger partial charge in [-0.15, -0.1) is 0 Å². The van der Waals surface area contributed by atoms with Crippen molar-refractivity contribution in [3.05, 3.63) is 22.4 Å². The molecule has 116 valence electrons. The molecule has 3 heterocycles. The second-order valence-electron chi connectivity index (χ2n) is 7.38. The monoisotopic (exact) mass is 305 g/mol. The summed E-state index contributed by atoms with van der Waals surface area (Å²) in [4.78, 5) is 5.43. The van der Waals surface area contributed by atoms with Crippen molar-refractivity contribution < 1.29 is 0 Å². The summed E-state index contributed by atoms with van der Waals surface area (Å²) < 4.78 is 0. The number of thiophene rings is 1. The average molecular weight is 305 g/mol. The number of nitrogens with zero attached hydrogens (tertiary/aromatic N) is 2. The van der Waals surface area contributed by atoms with Crippen molar-refractivity contribution in [3.63, 3.8) is 0 Å². The van der Waals surface area contributed by atoms with Gasteiger partial charge in [0.05, 0.1) is 0 Å². The van der Waals surface area contributed by atoms with Crippen LogP contribution >= 0.6 is 11.3 Å². The number of hydrogen-bond donors (Lipinski definition) is 1. The molecule has 0 spiro atoms. The summed E-state index contributed by atoms with van der Waals surface area (Å²) >= 11 is 1.81. The Kier molecular flexibility index (Phi) is 3.61. The van der Waals surface area contributed by atoms with Gasteiger partial charge < -0.3 is 10.6 Å². The molecule has 1 saturated carbocycles. The van der Waals surface area contributed by atoms with Gasteiger partial charge in [-0.05, 0) is 68.0 Å². The van der Waals surface area contributed by atoms with Crippen LogP contribution in [0.15, 0.2) is 16.8 Å². The highest BCUT2D eigenvalue weighted by Crippen LogP contribution is 2.46. The number of piperidine rings is 1. The van der Waals surface area contributed by atoms with Crippen LogP contribution in [0.2, 0.25) is 0 Å². The smallest absolute Gasteiger partial charge is 0.0367 e. The zero-order valence-corrected chi connectivity index (χ0v) is 13.8. The minimum absolute atomic E-state index is 0.251. The Hall–Kier alpha value is -0.420. The van der Waals surface area contributed by atoms with Crippen LogP contribution in [0.3, 0.4) is 0 Å². The summed E-state index contributed by atoms with van der Waals surface area (Å²) in [5.41, 5.74) is 8.10. The highest BCUT2D eigenvalue weighted by molar-refractivity contribution is 7.07. The van der Waals surface area contributed by atoms with Crippen molar-refractivity contribution in [3.8, 4) is 0 Å². The van der Waals surface area contributed by atoms with E-state index in [0.717, 1.165) is 31.2 Å². The van der Waals surface area contributed by atoms with E-state index in [1.165, 1.54) is 44.1 Å². The van der Waals surface area contributed by atoms with Crippen molar-refractivity contribution in [2.24, 2.45) is 5.73 Å². The van der Waals surface area contributed by atoms with Gasteiger partial charge in [-0.2, -0.15) is 11.3 Å². The van der Waals surface area contributed by atoms with Crippen LogP contribution in [0.1, 0.15) is 44.1 Å². The first-order chi connectivity index (χ1) is 10.2. The van der Waals surface area contributed by atoms with Crippen LogP contribution in [0.4, 0.5) is 0 Å². The molecular formula is C17H27N3S. The molecule has 21 heavy (non-hydrogen) atoms. The fourth-order valence-corrected chi connectivity index (χ4v) is 5.37. The van der Waals surface area contributed by atoms with E-state index in [1.807, 2.05) is 11.3 Å². The molecule has 3 nitrogen and oxygen atoms in total. The highest BCUT2D eigenvalue weighted by atomic mass is 32.1. The predicted molar refractivity (Wildman–Crippen MR) is 88.5 cm³/mol. The Labute approximate surface area is 132 Å². The summed E-state index contributed by atoms with van der Waals surface area (Å²) in [5, 5.41) is 4.51. The SMILES string of the molecule is CN1C2CCC1CC(CN)(N(Cc1ccsc1)C1CC1)C2. The second kappa shape index (κ2) is 5.34. The molecule has 1 aromatic heterocycles. The second-order valence-corrected chi connectivity index (χ2v) is 8.16. The topological polar surface area (TPSA) is 32.5 Å². The Bertz CT molecular complexity index is 468. The lowest BCUT2D eigenvalue weighted by Gasteiger charge is -2.51. The lowest BCUT2D eigenvalue weighted by atomic mass is 9.81. The number of fused-ring (bicyclic) bond motifs is 2. The van der Waals surface area contributed by atoms with Crippen LogP contribution < -0.4 is 5.73 Å². The molecule has 2 N–H and O–H groups in total. The summed E-state index contributed by atoms with van der Waals surface area (Å²) in [6.07, 6.45) is 8.04.